The van der Waals surface area contributed by atoms with Crippen LogP contribution in [0.25, 0.3) is 0 Å². The number of rotatable bonds is 9. The molecule has 1 aliphatic rings. The topological polar surface area (TPSA) is 50.7 Å². The molecule has 2 N–H and O–H groups in total. The summed E-state index contributed by atoms with van der Waals surface area (Å²) >= 11 is 0. The normalized spacial score (nSPS) is 19.9. The molecule has 1 aliphatic carbocycles. The molecule has 4 aromatic rings. The zero-order valence-electron chi connectivity index (χ0n) is 27.2. The van der Waals surface area contributed by atoms with Gasteiger partial charge in [-0.15, -0.1) is 0 Å². The van der Waals surface area contributed by atoms with Gasteiger partial charge in [-0.25, -0.2) is 5.48 Å². The Morgan fingerprint density at radius 3 is 1.00 bits per heavy atom. The summed E-state index contributed by atoms with van der Waals surface area (Å²) in [5, 5.41) is 15.2. The van der Waals surface area contributed by atoms with E-state index in [1.54, 1.807) is 0 Å². The van der Waals surface area contributed by atoms with E-state index >= 15 is 0 Å². The van der Waals surface area contributed by atoms with Crippen LogP contribution in [-0.4, -0.2) is 40.1 Å². The molecule has 0 bridgehead atoms. The highest BCUT2D eigenvalue weighted by molar-refractivity contribution is 7.00. The molecular formula is C38H49NO3Si2. The van der Waals surface area contributed by atoms with Crippen LogP contribution in [0, 0.1) is 0 Å². The van der Waals surface area contributed by atoms with Gasteiger partial charge >= 0.3 is 0 Å². The van der Waals surface area contributed by atoms with Crippen LogP contribution in [-0.2, 0) is 8.85 Å². The maximum atomic E-state index is 10.4. The molecule has 44 heavy (non-hydrogen) atoms. The van der Waals surface area contributed by atoms with E-state index in [1.807, 2.05) is 0 Å². The van der Waals surface area contributed by atoms with Gasteiger partial charge in [-0.05, 0) is 50.1 Å². The van der Waals surface area contributed by atoms with Crippen LogP contribution < -0.4 is 26.2 Å². The molecule has 0 heterocycles. The van der Waals surface area contributed by atoms with Gasteiger partial charge in [0.25, 0.3) is 16.6 Å². The van der Waals surface area contributed by atoms with E-state index in [-0.39, 0.29) is 28.3 Å². The minimum Gasteiger partial charge on any atom is -0.404 e. The first-order chi connectivity index (χ1) is 21.0. The number of nitrogens with one attached hydrogen (secondary N) is 1. The Hall–Kier alpha value is -2.85. The summed E-state index contributed by atoms with van der Waals surface area (Å²) in [5.41, 5.74) is 2.64. The fourth-order valence-electron chi connectivity index (χ4n) is 7.40. The highest BCUT2D eigenvalue weighted by Gasteiger charge is 2.54. The minimum atomic E-state index is -2.79. The maximum Gasteiger partial charge on any atom is 0.261 e. The van der Waals surface area contributed by atoms with Crippen LogP contribution in [0.1, 0.15) is 60.8 Å². The van der Waals surface area contributed by atoms with Crippen LogP contribution in [0.15, 0.2) is 121 Å². The lowest BCUT2D eigenvalue weighted by Crippen LogP contribution is -2.69. The van der Waals surface area contributed by atoms with Crippen LogP contribution in [0.3, 0.4) is 0 Å². The van der Waals surface area contributed by atoms with Crippen molar-refractivity contribution < 1.29 is 14.1 Å². The lowest BCUT2D eigenvalue weighted by atomic mass is 9.91. The molecule has 0 amide bonds. The zero-order valence-corrected chi connectivity index (χ0v) is 29.2. The SMILES string of the molecule is CC(C)(C)[Si](OC1CC(NO)CC(O[Si](c2ccccc2)(c2ccccc2)C(C)(C)C)C1)(c1ccccc1)c1ccccc1. The first-order valence-corrected chi connectivity index (χ1v) is 19.8. The van der Waals surface area contributed by atoms with Crippen LogP contribution in [0.5, 0.6) is 0 Å². The van der Waals surface area contributed by atoms with Gasteiger partial charge in [0.05, 0.1) is 0 Å². The Bertz CT molecular complexity index is 1260. The van der Waals surface area contributed by atoms with Gasteiger partial charge in [0.15, 0.2) is 0 Å². The van der Waals surface area contributed by atoms with Gasteiger partial charge in [0.1, 0.15) is 0 Å². The highest BCUT2D eigenvalue weighted by atomic mass is 28.4. The van der Waals surface area contributed by atoms with Crippen molar-refractivity contribution in [3.63, 3.8) is 0 Å². The summed E-state index contributed by atoms with van der Waals surface area (Å²) in [6.07, 6.45) is 2.03. The monoisotopic (exact) mass is 623 g/mol. The van der Waals surface area contributed by atoms with Crippen molar-refractivity contribution in [1.29, 1.82) is 0 Å². The van der Waals surface area contributed by atoms with E-state index in [0.29, 0.717) is 0 Å². The molecule has 0 radical (unpaired) electrons. The third kappa shape index (κ3) is 6.30. The summed E-state index contributed by atoms with van der Waals surface area (Å²) < 4.78 is 15.2. The van der Waals surface area contributed by atoms with E-state index in [9.17, 15) is 5.21 Å². The maximum absolute atomic E-state index is 10.4. The summed E-state index contributed by atoms with van der Waals surface area (Å²) in [5.74, 6) is 0. The molecule has 232 valence electrons. The number of hydroxylamine groups is 1. The quantitative estimate of drug-likeness (QED) is 0.167. The Morgan fingerprint density at radius 2 is 0.773 bits per heavy atom. The van der Waals surface area contributed by atoms with E-state index in [4.69, 9.17) is 8.85 Å². The fraction of sp³-hybridized carbons (Fsp3) is 0.368. The summed E-state index contributed by atoms with van der Waals surface area (Å²) in [7, 11) is -5.57. The summed E-state index contributed by atoms with van der Waals surface area (Å²) in [6.45, 7) is 13.9. The average molecular weight is 624 g/mol. The zero-order chi connectivity index (χ0) is 31.4. The largest absolute Gasteiger partial charge is 0.404 e. The molecule has 5 rings (SSSR count). The van der Waals surface area contributed by atoms with E-state index in [2.05, 4.69) is 168 Å². The standard InChI is InChI=1S/C38H49NO3Si2/c1-37(2,3)43(33-19-11-7-12-20-33,34-21-13-8-14-22-34)41-31-27-30(39-40)28-32(29-31)42-44(38(4,5)6,35-23-15-9-16-24-35)36-25-17-10-18-26-36/h7-26,30-32,39-40H,27-29H2,1-6H3. The average Bonchev–Trinajstić information content (AvgIpc) is 3.03. The second-order valence-electron chi connectivity index (χ2n) is 14.3. The predicted octanol–water partition coefficient (Wildman–Crippen LogP) is 6.41. The van der Waals surface area contributed by atoms with Crippen molar-refractivity contribution in [2.75, 3.05) is 0 Å². The molecule has 1 fully saturated rings. The molecule has 1 saturated carbocycles. The van der Waals surface area contributed by atoms with Gasteiger partial charge in [-0.2, -0.15) is 0 Å². The molecule has 6 heteroatoms. The van der Waals surface area contributed by atoms with Crippen LogP contribution in [0.4, 0.5) is 0 Å². The third-order valence-corrected chi connectivity index (χ3v) is 19.5. The summed E-state index contributed by atoms with van der Waals surface area (Å²) in [4.78, 5) is 0. The van der Waals surface area contributed by atoms with Crippen LogP contribution >= 0.6 is 0 Å². The minimum absolute atomic E-state index is 0.0945. The van der Waals surface area contributed by atoms with Gasteiger partial charge in [0.2, 0.25) is 0 Å². The molecule has 0 saturated heterocycles. The predicted molar refractivity (Wildman–Crippen MR) is 188 cm³/mol. The molecule has 0 aliphatic heterocycles. The van der Waals surface area contributed by atoms with Gasteiger partial charge in [0, 0.05) is 18.2 Å². The number of benzene rings is 4. The van der Waals surface area contributed by atoms with Crippen molar-refractivity contribution in [2.45, 2.75) is 89.1 Å². The second-order valence-corrected chi connectivity index (χ2v) is 22.8. The van der Waals surface area contributed by atoms with Gasteiger partial charge in [-0.3, -0.25) is 0 Å². The number of hydrogen-bond donors (Lipinski definition) is 2. The molecule has 4 nitrogen and oxygen atoms in total. The third-order valence-electron chi connectivity index (χ3n) is 9.32. The van der Waals surface area contributed by atoms with Crippen molar-refractivity contribution >= 4 is 37.4 Å². The fourth-order valence-corrected chi connectivity index (χ4v) is 16.8. The molecule has 4 aromatic carbocycles. The Labute approximate surface area is 266 Å². The van der Waals surface area contributed by atoms with Crippen LogP contribution in [0.2, 0.25) is 10.1 Å². The first-order valence-electron chi connectivity index (χ1n) is 16.0. The molecule has 2 unspecified atom stereocenters. The first kappa shape index (κ1) is 32.5. The van der Waals surface area contributed by atoms with Crippen molar-refractivity contribution in [1.82, 2.24) is 5.48 Å². The molecule has 2 atom stereocenters. The van der Waals surface area contributed by atoms with Crippen molar-refractivity contribution in [2.24, 2.45) is 0 Å². The van der Waals surface area contributed by atoms with Crippen molar-refractivity contribution in [3.8, 4) is 0 Å². The summed E-state index contributed by atoms with van der Waals surface area (Å²) in [6, 6.07) is 43.1. The lowest BCUT2D eigenvalue weighted by Gasteiger charge is -2.49. The van der Waals surface area contributed by atoms with Gasteiger partial charge < -0.3 is 14.1 Å². The lowest BCUT2D eigenvalue weighted by molar-refractivity contribution is 0.00446. The molecule has 0 aromatic heterocycles. The van der Waals surface area contributed by atoms with E-state index in [0.717, 1.165) is 19.3 Å². The van der Waals surface area contributed by atoms with Gasteiger partial charge in [-0.1, -0.05) is 163 Å². The number of hydrogen-bond acceptors (Lipinski definition) is 4. The van der Waals surface area contributed by atoms with Crippen molar-refractivity contribution in [3.05, 3.63) is 121 Å². The Morgan fingerprint density at radius 1 is 0.500 bits per heavy atom. The second kappa shape index (κ2) is 13.3. The molecule has 0 spiro atoms. The van der Waals surface area contributed by atoms with E-state index in [1.165, 1.54) is 20.7 Å². The highest BCUT2D eigenvalue weighted by Crippen LogP contribution is 2.42. The Kier molecular flexibility index (Phi) is 9.80. The molecular weight excluding hydrogens is 575 g/mol. The smallest absolute Gasteiger partial charge is 0.261 e. The Balaban J connectivity index is 1.59. The van der Waals surface area contributed by atoms with E-state index < -0.39 is 16.6 Å².